The highest BCUT2D eigenvalue weighted by atomic mass is 127. The van der Waals surface area contributed by atoms with Crippen molar-refractivity contribution < 1.29 is 12.9 Å². The van der Waals surface area contributed by atoms with E-state index in [1.165, 1.54) is 21.7 Å². The van der Waals surface area contributed by atoms with Gasteiger partial charge in [-0.1, -0.05) is 29.4 Å². The molecule has 1 aliphatic heterocycles. The molecule has 1 aliphatic carbocycles. The number of nitrogens with zero attached hydrogens (tertiary/aromatic N) is 4. The topological polar surface area (TPSA) is 91.0 Å². The van der Waals surface area contributed by atoms with Gasteiger partial charge in [-0.3, -0.25) is 4.99 Å². The van der Waals surface area contributed by atoms with Crippen molar-refractivity contribution in [2.24, 2.45) is 4.99 Å². The second kappa shape index (κ2) is 10.5. The molecule has 2 aromatic rings. The lowest BCUT2D eigenvalue weighted by Gasteiger charge is -2.36. The number of aryl methyl sites for hydroxylation is 1. The number of benzene rings is 1. The maximum atomic E-state index is 12.7. The van der Waals surface area contributed by atoms with Crippen LogP contribution >= 0.6 is 24.0 Å². The van der Waals surface area contributed by atoms with E-state index in [1.54, 1.807) is 6.07 Å². The summed E-state index contributed by atoms with van der Waals surface area (Å²) in [6, 6.07) is 10.2. The fraction of sp³-hybridized carbons (Fsp3) is 0.545. The van der Waals surface area contributed by atoms with Gasteiger partial charge in [-0.05, 0) is 37.8 Å². The number of guanidine groups is 1. The Morgan fingerprint density at radius 2 is 1.91 bits per heavy atom. The minimum absolute atomic E-state index is 0. The molecule has 1 N–H and O–H groups in total. The summed E-state index contributed by atoms with van der Waals surface area (Å²) in [7, 11) is -3.41. The molecule has 1 aromatic heterocycles. The van der Waals surface area contributed by atoms with E-state index < -0.39 is 10.0 Å². The maximum absolute atomic E-state index is 12.7. The van der Waals surface area contributed by atoms with Crippen LogP contribution in [0.4, 0.5) is 0 Å². The van der Waals surface area contributed by atoms with Gasteiger partial charge >= 0.3 is 0 Å². The zero-order chi connectivity index (χ0) is 21.9. The van der Waals surface area contributed by atoms with Crippen LogP contribution < -0.4 is 5.32 Å². The molecule has 0 radical (unpaired) electrons. The van der Waals surface area contributed by atoms with Crippen LogP contribution in [0.2, 0.25) is 0 Å². The van der Waals surface area contributed by atoms with Gasteiger partial charge in [-0.2, -0.15) is 4.31 Å². The molecule has 4 rings (SSSR count). The van der Waals surface area contributed by atoms with Gasteiger partial charge in [0.05, 0.1) is 12.2 Å². The number of sulfonamides is 1. The SMILES string of the molecule is CCNC(=NCC1(c2ccccc2C)CC1)N1CCN(S(=O)(=O)Cc2ccon2)CC1.I. The van der Waals surface area contributed by atoms with Crippen LogP contribution in [0.15, 0.2) is 46.1 Å². The summed E-state index contributed by atoms with van der Waals surface area (Å²) in [6.45, 7) is 7.86. The fourth-order valence-corrected chi connectivity index (χ4v) is 5.68. The van der Waals surface area contributed by atoms with Crippen LogP contribution in [-0.2, 0) is 21.2 Å². The van der Waals surface area contributed by atoms with E-state index in [9.17, 15) is 8.42 Å². The molecular formula is C22H32IN5O3S. The smallest absolute Gasteiger partial charge is 0.220 e. The Balaban J connectivity index is 0.00000289. The van der Waals surface area contributed by atoms with E-state index in [1.807, 2.05) is 0 Å². The molecule has 10 heteroatoms. The number of aliphatic imine (C=N–C) groups is 1. The van der Waals surface area contributed by atoms with Gasteiger partial charge in [-0.15, -0.1) is 24.0 Å². The number of rotatable bonds is 7. The molecule has 8 nitrogen and oxygen atoms in total. The fourth-order valence-electron chi connectivity index (χ4n) is 4.25. The first-order valence-electron chi connectivity index (χ1n) is 10.9. The van der Waals surface area contributed by atoms with E-state index in [2.05, 4.69) is 53.5 Å². The summed E-state index contributed by atoms with van der Waals surface area (Å²) >= 11 is 0. The Bertz CT molecular complexity index is 1010. The van der Waals surface area contributed by atoms with E-state index in [0.717, 1.165) is 31.9 Å². The van der Waals surface area contributed by atoms with Crippen LogP contribution in [0.1, 0.15) is 36.6 Å². The quantitative estimate of drug-likeness (QED) is 0.311. The Kier molecular flexibility index (Phi) is 8.21. The summed E-state index contributed by atoms with van der Waals surface area (Å²) in [5, 5.41) is 7.12. The highest BCUT2D eigenvalue weighted by Crippen LogP contribution is 2.49. The van der Waals surface area contributed by atoms with E-state index in [4.69, 9.17) is 9.52 Å². The van der Waals surface area contributed by atoms with Crippen molar-refractivity contribution >= 4 is 40.0 Å². The van der Waals surface area contributed by atoms with E-state index in [-0.39, 0.29) is 35.1 Å². The third-order valence-corrected chi connectivity index (χ3v) is 8.00. The zero-order valence-corrected chi connectivity index (χ0v) is 21.8. The Morgan fingerprint density at radius 3 is 2.50 bits per heavy atom. The molecule has 2 aliphatic rings. The molecule has 2 heterocycles. The maximum Gasteiger partial charge on any atom is 0.220 e. The first-order valence-corrected chi connectivity index (χ1v) is 12.5. The summed E-state index contributed by atoms with van der Waals surface area (Å²) in [6.07, 6.45) is 3.72. The normalized spacial score (nSPS) is 18.8. The van der Waals surface area contributed by atoms with Crippen molar-refractivity contribution in [2.45, 2.75) is 37.9 Å². The molecule has 176 valence electrons. The van der Waals surface area contributed by atoms with Crippen molar-refractivity contribution in [3.8, 4) is 0 Å². The van der Waals surface area contributed by atoms with Gasteiger partial charge in [0.1, 0.15) is 12.0 Å². The predicted octanol–water partition coefficient (Wildman–Crippen LogP) is 2.75. The summed E-state index contributed by atoms with van der Waals surface area (Å²) in [5.74, 6) is 0.743. The zero-order valence-electron chi connectivity index (χ0n) is 18.7. The number of piperazine rings is 1. The average Bonchev–Trinajstić information content (AvgIpc) is 3.38. The molecule has 0 atom stereocenters. The van der Waals surface area contributed by atoms with Crippen molar-refractivity contribution in [3.63, 3.8) is 0 Å². The van der Waals surface area contributed by atoms with Crippen molar-refractivity contribution in [2.75, 3.05) is 39.3 Å². The van der Waals surface area contributed by atoms with Crippen molar-refractivity contribution in [3.05, 3.63) is 53.4 Å². The molecule has 32 heavy (non-hydrogen) atoms. The van der Waals surface area contributed by atoms with E-state index in [0.29, 0.717) is 31.9 Å². The largest absolute Gasteiger partial charge is 0.364 e. The third kappa shape index (κ3) is 5.63. The van der Waals surface area contributed by atoms with Gasteiger partial charge in [0.15, 0.2) is 5.96 Å². The van der Waals surface area contributed by atoms with Crippen LogP contribution in [0, 0.1) is 6.92 Å². The van der Waals surface area contributed by atoms with Crippen molar-refractivity contribution in [1.82, 2.24) is 19.7 Å². The van der Waals surface area contributed by atoms with Crippen molar-refractivity contribution in [1.29, 1.82) is 0 Å². The van der Waals surface area contributed by atoms with Crippen LogP contribution in [-0.4, -0.2) is 68.0 Å². The molecule has 0 spiro atoms. The van der Waals surface area contributed by atoms with Gasteiger partial charge in [0.25, 0.3) is 0 Å². The Labute approximate surface area is 207 Å². The Hall–Kier alpha value is -1.66. The van der Waals surface area contributed by atoms with Gasteiger partial charge in [0.2, 0.25) is 10.0 Å². The average molecular weight is 574 g/mol. The summed E-state index contributed by atoms with van der Waals surface area (Å²) in [5.41, 5.74) is 3.31. The van der Waals surface area contributed by atoms with Crippen LogP contribution in [0.25, 0.3) is 0 Å². The second-order valence-electron chi connectivity index (χ2n) is 8.40. The lowest BCUT2D eigenvalue weighted by atomic mass is 9.92. The summed E-state index contributed by atoms with van der Waals surface area (Å²) in [4.78, 5) is 7.14. The number of aromatic nitrogens is 1. The van der Waals surface area contributed by atoms with Gasteiger partial charge in [-0.25, -0.2) is 8.42 Å². The molecule has 1 saturated heterocycles. The number of halogens is 1. The molecule has 1 aromatic carbocycles. The second-order valence-corrected chi connectivity index (χ2v) is 10.4. The first-order chi connectivity index (χ1) is 14.9. The number of nitrogens with one attached hydrogen (secondary N) is 1. The third-order valence-electron chi connectivity index (χ3n) is 6.19. The van der Waals surface area contributed by atoms with Gasteiger partial charge in [0, 0.05) is 44.2 Å². The predicted molar refractivity (Wildman–Crippen MR) is 136 cm³/mol. The first kappa shape index (κ1) is 25.0. The molecular weight excluding hydrogens is 541 g/mol. The number of hydrogen-bond acceptors (Lipinski definition) is 5. The lowest BCUT2D eigenvalue weighted by molar-refractivity contribution is 0.259. The minimum Gasteiger partial charge on any atom is -0.364 e. The molecule has 0 unspecified atom stereocenters. The van der Waals surface area contributed by atoms with Gasteiger partial charge < -0.3 is 14.7 Å². The number of hydrogen-bond donors (Lipinski definition) is 1. The standard InChI is InChI=1S/C22H31N5O3S.HI/c1-3-23-21(24-17-22(9-10-22)20-7-5-4-6-18(20)2)26-11-13-27(14-12-26)31(28,29)16-19-8-15-30-25-19;/h4-8,15H,3,9-14,16-17H2,1-2H3,(H,23,24);1H. The lowest BCUT2D eigenvalue weighted by Crippen LogP contribution is -2.54. The highest BCUT2D eigenvalue weighted by molar-refractivity contribution is 14.0. The molecule has 2 fully saturated rings. The minimum atomic E-state index is -3.41. The Morgan fingerprint density at radius 1 is 1.19 bits per heavy atom. The monoisotopic (exact) mass is 573 g/mol. The molecule has 0 bridgehead atoms. The van der Waals surface area contributed by atoms with Crippen LogP contribution in [0.5, 0.6) is 0 Å². The van der Waals surface area contributed by atoms with Crippen LogP contribution in [0.3, 0.4) is 0 Å². The highest BCUT2D eigenvalue weighted by Gasteiger charge is 2.45. The van der Waals surface area contributed by atoms with E-state index >= 15 is 0 Å². The summed E-state index contributed by atoms with van der Waals surface area (Å²) < 4.78 is 31.7. The molecule has 1 saturated carbocycles. The molecule has 0 amide bonds.